The second kappa shape index (κ2) is 8.40. The summed E-state index contributed by atoms with van der Waals surface area (Å²) in [5, 5.41) is 8.95. The molecule has 0 saturated heterocycles. The number of benzene rings is 1. The Hall–Kier alpha value is -1.06. The molecule has 0 spiro atoms. The summed E-state index contributed by atoms with van der Waals surface area (Å²) in [6.45, 7) is 1.09. The first-order valence-corrected chi connectivity index (χ1v) is 7.96. The van der Waals surface area contributed by atoms with Crippen molar-refractivity contribution in [2.24, 2.45) is 0 Å². The SMILES string of the molecule is CN(C)CCOCCNS(=O)(=O)c1ccc(F)c(CO)c1. The summed E-state index contributed by atoms with van der Waals surface area (Å²) < 4.78 is 44.8. The van der Waals surface area contributed by atoms with Crippen molar-refractivity contribution in [3.8, 4) is 0 Å². The van der Waals surface area contributed by atoms with Crippen LogP contribution in [-0.4, -0.2) is 58.8 Å². The lowest BCUT2D eigenvalue weighted by Gasteiger charge is -2.11. The molecular weight excluding hydrogens is 299 g/mol. The van der Waals surface area contributed by atoms with Crippen LogP contribution in [0.4, 0.5) is 4.39 Å². The van der Waals surface area contributed by atoms with Gasteiger partial charge in [0, 0.05) is 18.7 Å². The molecule has 0 atom stereocenters. The van der Waals surface area contributed by atoms with Crippen LogP contribution < -0.4 is 4.72 Å². The summed E-state index contributed by atoms with van der Waals surface area (Å²) in [5.41, 5.74) is -0.0555. The van der Waals surface area contributed by atoms with Crippen molar-refractivity contribution in [1.82, 2.24) is 9.62 Å². The maximum atomic E-state index is 13.2. The van der Waals surface area contributed by atoms with Gasteiger partial charge >= 0.3 is 0 Å². The van der Waals surface area contributed by atoms with Gasteiger partial charge in [0.15, 0.2) is 0 Å². The number of hydrogen-bond donors (Lipinski definition) is 2. The van der Waals surface area contributed by atoms with E-state index in [1.54, 1.807) is 0 Å². The molecule has 0 bridgehead atoms. The van der Waals surface area contributed by atoms with Crippen LogP contribution in [0.2, 0.25) is 0 Å². The molecule has 0 saturated carbocycles. The average molecular weight is 320 g/mol. The Kier molecular flexibility index (Phi) is 7.20. The lowest BCUT2D eigenvalue weighted by Crippen LogP contribution is -2.28. The minimum Gasteiger partial charge on any atom is -0.392 e. The van der Waals surface area contributed by atoms with Crippen molar-refractivity contribution < 1.29 is 22.7 Å². The number of rotatable bonds is 9. The van der Waals surface area contributed by atoms with Crippen molar-refractivity contribution in [2.75, 3.05) is 40.4 Å². The zero-order chi connectivity index (χ0) is 15.9. The van der Waals surface area contributed by atoms with Crippen LogP contribution in [-0.2, 0) is 21.4 Å². The molecule has 0 aliphatic carbocycles. The van der Waals surface area contributed by atoms with E-state index in [9.17, 15) is 12.8 Å². The molecule has 0 radical (unpaired) electrons. The first-order valence-electron chi connectivity index (χ1n) is 6.48. The van der Waals surface area contributed by atoms with Crippen molar-refractivity contribution in [3.05, 3.63) is 29.6 Å². The fraction of sp³-hybridized carbons (Fsp3) is 0.538. The van der Waals surface area contributed by atoms with Gasteiger partial charge in [-0.2, -0.15) is 0 Å². The molecule has 8 heteroatoms. The molecular formula is C13H21FN2O4S. The number of aliphatic hydroxyl groups excluding tert-OH is 1. The van der Waals surface area contributed by atoms with Crippen molar-refractivity contribution >= 4 is 10.0 Å². The number of hydrogen-bond acceptors (Lipinski definition) is 5. The van der Waals surface area contributed by atoms with Crippen LogP contribution in [0.3, 0.4) is 0 Å². The fourth-order valence-electron chi connectivity index (χ4n) is 1.52. The Morgan fingerprint density at radius 1 is 1.33 bits per heavy atom. The molecule has 0 aliphatic rings. The second-order valence-corrected chi connectivity index (χ2v) is 6.49. The Morgan fingerprint density at radius 3 is 2.67 bits per heavy atom. The first-order chi connectivity index (χ1) is 9.86. The number of sulfonamides is 1. The highest BCUT2D eigenvalue weighted by Gasteiger charge is 2.15. The van der Waals surface area contributed by atoms with Crippen LogP contribution in [0.5, 0.6) is 0 Å². The van der Waals surface area contributed by atoms with Gasteiger partial charge in [-0.15, -0.1) is 0 Å². The van der Waals surface area contributed by atoms with Gasteiger partial charge in [0.05, 0.1) is 24.7 Å². The molecule has 0 fully saturated rings. The van der Waals surface area contributed by atoms with Gasteiger partial charge in [-0.05, 0) is 32.3 Å². The third-order valence-electron chi connectivity index (χ3n) is 2.72. The molecule has 0 unspecified atom stereocenters. The van der Waals surface area contributed by atoms with Gasteiger partial charge < -0.3 is 14.7 Å². The summed E-state index contributed by atoms with van der Waals surface area (Å²) in [7, 11) is 0.101. The molecule has 120 valence electrons. The summed E-state index contributed by atoms with van der Waals surface area (Å²) >= 11 is 0. The zero-order valence-electron chi connectivity index (χ0n) is 12.2. The normalized spacial score (nSPS) is 12.0. The van der Waals surface area contributed by atoms with E-state index < -0.39 is 22.4 Å². The number of aliphatic hydroxyl groups is 1. The summed E-state index contributed by atoms with van der Waals surface area (Å²) in [6.07, 6.45) is 0. The van der Waals surface area contributed by atoms with Crippen molar-refractivity contribution in [2.45, 2.75) is 11.5 Å². The van der Waals surface area contributed by atoms with Gasteiger partial charge in [0.25, 0.3) is 0 Å². The number of likely N-dealkylation sites (N-methyl/N-ethyl adjacent to an activating group) is 1. The minimum absolute atomic E-state index is 0.0555. The summed E-state index contributed by atoms with van der Waals surface area (Å²) in [4.78, 5) is 1.88. The third kappa shape index (κ3) is 6.06. The second-order valence-electron chi connectivity index (χ2n) is 4.72. The average Bonchev–Trinajstić information content (AvgIpc) is 2.42. The topological polar surface area (TPSA) is 78.9 Å². The molecule has 0 heterocycles. The Balaban J connectivity index is 2.50. The highest BCUT2D eigenvalue weighted by atomic mass is 32.2. The summed E-state index contributed by atoms with van der Waals surface area (Å²) in [5.74, 6) is -0.636. The summed E-state index contributed by atoms with van der Waals surface area (Å²) in [6, 6.07) is 3.29. The maximum absolute atomic E-state index is 13.2. The quantitative estimate of drug-likeness (QED) is 0.634. The lowest BCUT2D eigenvalue weighted by molar-refractivity contribution is 0.122. The van der Waals surface area contributed by atoms with Crippen LogP contribution in [0.15, 0.2) is 23.1 Å². The predicted molar refractivity (Wildman–Crippen MR) is 76.9 cm³/mol. The fourth-order valence-corrected chi connectivity index (χ4v) is 2.58. The molecule has 1 aromatic carbocycles. The van der Waals surface area contributed by atoms with Crippen LogP contribution in [0.1, 0.15) is 5.56 Å². The smallest absolute Gasteiger partial charge is 0.240 e. The maximum Gasteiger partial charge on any atom is 0.240 e. The van der Waals surface area contributed by atoms with Gasteiger partial charge in [-0.3, -0.25) is 0 Å². The predicted octanol–water partition coefficient (Wildman–Crippen LogP) is 0.174. The van der Waals surface area contributed by atoms with E-state index in [2.05, 4.69) is 4.72 Å². The lowest BCUT2D eigenvalue weighted by atomic mass is 10.2. The van der Waals surface area contributed by atoms with E-state index >= 15 is 0 Å². The molecule has 0 aromatic heterocycles. The van der Waals surface area contributed by atoms with E-state index in [4.69, 9.17) is 9.84 Å². The van der Waals surface area contributed by atoms with E-state index in [-0.39, 0.29) is 23.6 Å². The van der Waals surface area contributed by atoms with Gasteiger partial charge in [0.1, 0.15) is 5.82 Å². The molecule has 1 aromatic rings. The van der Waals surface area contributed by atoms with Crippen LogP contribution in [0, 0.1) is 5.82 Å². The van der Waals surface area contributed by atoms with E-state index in [0.29, 0.717) is 6.61 Å². The van der Waals surface area contributed by atoms with Gasteiger partial charge in [-0.1, -0.05) is 0 Å². The Labute approximate surface area is 124 Å². The number of nitrogens with one attached hydrogen (secondary N) is 1. The molecule has 21 heavy (non-hydrogen) atoms. The van der Waals surface area contributed by atoms with E-state index in [0.717, 1.165) is 24.7 Å². The minimum atomic E-state index is -3.73. The van der Waals surface area contributed by atoms with E-state index in [1.807, 2.05) is 19.0 Å². The Morgan fingerprint density at radius 2 is 2.05 bits per heavy atom. The molecule has 0 amide bonds. The molecule has 0 aliphatic heterocycles. The highest BCUT2D eigenvalue weighted by molar-refractivity contribution is 7.89. The highest BCUT2D eigenvalue weighted by Crippen LogP contribution is 2.14. The van der Waals surface area contributed by atoms with Gasteiger partial charge in [-0.25, -0.2) is 17.5 Å². The monoisotopic (exact) mass is 320 g/mol. The third-order valence-corrected chi connectivity index (χ3v) is 4.18. The zero-order valence-corrected chi connectivity index (χ0v) is 13.0. The van der Waals surface area contributed by atoms with Crippen LogP contribution >= 0.6 is 0 Å². The number of nitrogens with zero attached hydrogens (tertiary/aromatic N) is 1. The molecule has 1 rings (SSSR count). The van der Waals surface area contributed by atoms with Gasteiger partial charge in [0.2, 0.25) is 10.0 Å². The number of ether oxygens (including phenoxy) is 1. The van der Waals surface area contributed by atoms with Crippen molar-refractivity contribution in [1.29, 1.82) is 0 Å². The molecule has 2 N–H and O–H groups in total. The largest absolute Gasteiger partial charge is 0.392 e. The van der Waals surface area contributed by atoms with Crippen molar-refractivity contribution in [3.63, 3.8) is 0 Å². The standard InChI is InChI=1S/C13H21FN2O4S/c1-16(2)6-8-20-7-5-15-21(18,19)12-3-4-13(14)11(9-12)10-17/h3-4,9,15,17H,5-8,10H2,1-2H3. The Bertz CT molecular complexity index is 549. The van der Waals surface area contributed by atoms with E-state index in [1.165, 1.54) is 0 Å². The molecule has 6 nitrogen and oxygen atoms in total. The first kappa shape index (κ1) is 18.0. The van der Waals surface area contributed by atoms with Crippen LogP contribution in [0.25, 0.3) is 0 Å². The number of halogens is 1.